The van der Waals surface area contributed by atoms with Crippen LogP contribution in [0, 0.1) is 0 Å². The van der Waals surface area contributed by atoms with E-state index in [0.29, 0.717) is 11.3 Å². The summed E-state index contributed by atoms with van der Waals surface area (Å²) in [5.74, 6) is 0.0872. The maximum atomic E-state index is 12.4. The van der Waals surface area contributed by atoms with E-state index < -0.39 is 0 Å². The normalized spacial score (nSPS) is 14.9. The van der Waals surface area contributed by atoms with Gasteiger partial charge in [-0.1, -0.05) is 24.3 Å². The molecule has 1 saturated heterocycles. The number of hydrogen-bond donors (Lipinski definition) is 1. The first kappa shape index (κ1) is 20.9. The molecule has 1 amide bonds. The van der Waals surface area contributed by atoms with Crippen LogP contribution in [0.3, 0.4) is 0 Å². The zero-order chi connectivity index (χ0) is 18.5. The summed E-state index contributed by atoms with van der Waals surface area (Å²) in [5.41, 5.74) is 5.58. The van der Waals surface area contributed by atoms with Crippen molar-refractivity contribution in [1.29, 1.82) is 0 Å². The molecule has 27 heavy (non-hydrogen) atoms. The average Bonchev–Trinajstić information content (AvgIpc) is 2.64. The van der Waals surface area contributed by atoms with Crippen molar-refractivity contribution in [1.82, 2.24) is 15.3 Å². The highest BCUT2D eigenvalue weighted by Crippen LogP contribution is 2.23. The van der Waals surface area contributed by atoms with Gasteiger partial charge in [0.1, 0.15) is 5.75 Å². The Balaban J connectivity index is 0.00000261. The van der Waals surface area contributed by atoms with Crippen molar-refractivity contribution in [2.45, 2.75) is 6.92 Å². The average molecular weight is 390 g/mol. The van der Waals surface area contributed by atoms with E-state index in [1.165, 1.54) is 6.92 Å². The van der Waals surface area contributed by atoms with Gasteiger partial charge in [0.2, 0.25) is 0 Å². The minimum absolute atomic E-state index is 0. The number of hydrazine groups is 1. The summed E-state index contributed by atoms with van der Waals surface area (Å²) in [7, 11) is 2.08. The van der Waals surface area contributed by atoms with E-state index >= 15 is 0 Å². The van der Waals surface area contributed by atoms with E-state index in [1.807, 2.05) is 41.4 Å². The number of piperazine rings is 1. The number of esters is 1. The molecule has 2 aromatic carbocycles. The van der Waals surface area contributed by atoms with Gasteiger partial charge in [-0.05, 0) is 42.4 Å². The zero-order valence-corrected chi connectivity index (χ0v) is 16.3. The van der Waals surface area contributed by atoms with Crippen LogP contribution in [0.4, 0.5) is 0 Å². The number of nitrogens with zero attached hydrogens (tertiary/aromatic N) is 2. The van der Waals surface area contributed by atoms with Gasteiger partial charge in [-0.3, -0.25) is 15.0 Å². The van der Waals surface area contributed by atoms with Crippen molar-refractivity contribution < 1.29 is 14.3 Å². The van der Waals surface area contributed by atoms with Crippen LogP contribution in [0.2, 0.25) is 0 Å². The van der Waals surface area contributed by atoms with E-state index in [9.17, 15) is 9.59 Å². The highest BCUT2D eigenvalue weighted by Gasteiger charge is 2.16. The molecule has 0 saturated carbocycles. The Morgan fingerprint density at radius 1 is 0.889 bits per heavy atom. The van der Waals surface area contributed by atoms with Gasteiger partial charge in [-0.2, -0.15) is 0 Å². The highest BCUT2D eigenvalue weighted by molar-refractivity contribution is 5.94. The molecule has 1 aliphatic rings. The molecule has 6 nitrogen and oxygen atoms in total. The maximum Gasteiger partial charge on any atom is 0.308 e. The SMILES string of the molecule is CC(=O)Oc1ccc(-c2ccc(C(=O)NN3CCN(C)CC3)cc2)cc1.Cl. The fourth-order valence-electron chi connectivity index (χ4n) is 2.82. The van der Waals surface area contributed by atoms with Gasteiger partial charge in [0.25, 0.3) is 5.91 Å². The third-order valence-corrected chi connectivity index (χ3v) is 4.36. The molecule has 1 fully saturated rings. The predicted molar refractivity (Wildman–Crippen MR) is 107 cm³/mol. The largest absolute Gasteiger partial charge is 0.427 e. The Hall–Kier alpha value is -2.41. The van der Waals surface area contributed by atoms with Crippen LogP contribution in [0.5, 0.6) is 5.75 Å². The van der Waals surface area contributed by atoms with E-state index in [2.05, 4.69) is 17.4 Å². The zero-order valence-electron chi connectivity index (χ0n) is 15.5. The van der Waals surface area contributed by atoms with Crippen molar-refractivity contribution in [3.05, 3.63) is 54.1 Å². The predicted octanol–water partition coefficient (Wildman–Crippen LogP) is 2.59. The molecule has 1 N–H and O–H groups in total. The lowest BCUT2D eigenvalue weighted by Crippen LogP contribution is -2.52. The summed E-state index contributed by atoms with van der Waals surface area (Å²) >= 11 is 0. The summed E-state index contributed by atoms with van der Waals surface area (Å²) in [6.45, 7) is 4.93. The number of carbonyl (C=O) groups is 2. The number of ether oxygens (including phenoxy) is 1. The number of nitrogens with one attached hydrogen (secondary N) is 1. The van der Waals surface area contributed by atoms with E-state index in [4.69, 9.17) is 4.74 Å². The third kappa shape index (κ3) is 5.79. The van der Waals surface area contributed by atoms with Crippen LogP contribution in [0.15, 0.2) is 48.5 Å². The number of likely N-dealkylation sites (N-methyl/N-ethyl adjacent to an activating group) is 1. The number of amides is 1. The number of benzene rings is 2. The monoisotopic (exact) mass is 389 g/mol. The molecule has 1 aliphatic heterocycles. The standard InChI is InChI=1S/C20H23N3O3.ClH/c1-15(24)26-19-9-7-17(8-10-19)16-3-5-18(6-4-16)20(25)21-23-13-11-22(2)12-14-23;/h3-10H,11-14H2,1-2H3,(H,21,25);1H. The number of rotatable bonds is 4. The molecule has 0 atom stereocenters. The lowest BCUT2D eigenvalue weighted by atomic mass is 10.0. The molecule has 0 unspecified atom stereocenters. The first-order valence-corrected chi connectivity index (χ1v) is 8.64. The third-order valence-electron chi connectivity index (χ3n) is 4.36. The molecule has 0 spiro atoms. The fraction of sp³-hybridized carbons (Fsp3) is 0.300. The lowest BCUT2D eigenvalue weighted by Gasteiger charge is -2.32. The smallest absolute Gasteiger partial charge is 0.308 e. The van der Waals surface area contributed by atoms with Crippen LogP contribution < -0.4 is 10.2 Å². The van der Waals surface area contributed by atoms with Crippen molar-refractivity contribution in [2.24, 2.45) is 0 Å². The molecular formula is C20H24ClN3O3. The van der Waals surface area contributed by atoms with Gasteiger partial charge in [0, 0.05) is 38.7 Å². The lowest BCUT2D eigenvalue weighted by molar-refractivity contribution is -0.131. The Morgan fingerprint density at radius 3 is 1.93 bits per heavy atom. The maximum absolute atomic E-state index is 12.4. The van der Waals surface area contributed by atoms with Crippen LogP contribution in [-0.2, 0) is 4.79 Å². The van der Waals surface area contributed by atoms with Gasteiger partial charge < -0.3 is 9.64 Å². The van der Waals surface area contributed by atoms with Gasteiger partial charge in [-0.25, -0.2) is 5.01 Å². The second kappa shape index (κ2) is 9.50. The van der Waals surface area contributed by atoms with E-state index in [1.54, 1.807) is 12.1 Å². The Kier molecular flexibility index (Phi) is 7.36. The van der Waals surface area contributed by atoms with Gasteiger partial charge >= 0.3 is 5.97 Å². The number of carbonyl (C=O) groups excluding carboxylic acids is 2. The van der Waals surface area contributed by atoms with Crippen LogP contribution in [0.1, 0.15) is 17.3 Å². The Labute approximate surface area is 165 Å². The quantitative estimate of drug-likeness (QED) is 0.643. The van der Waals surface area contributed by atoms with Gasteiger partial charge in [0.15, 0.2) is 0 Å². The number of halogens is 1. The summed E-state index contributed by atoms with van der Waals surface area (Å²) in [6.07, 6.45) is 0. The van der Waals surface area contributed by atoms with Gasteiger partial charge in [0.05, 0.1) is 0 Å². The van der Waals surface area contributed by atoms with E-state index in [0.717, 1.165) is 37.3 Å². The summed E-state index contributed by atoms with van der Waals surface area (Å²) in [4.78, 5) is 25.6. The summed E-state index contributed by atoms with van der Waals surface area (Å²) in [5, 5.41) is 1.96. The second-order valence-electron chi connectivity index (χ2n) is 6.43. The van der Waals surface area contributed by atoms with Crippen LogP contribution in [-0.4, -0.2) is 55.0 Å². The van der Waals surface area contributed by atoms with Crippen molar-refractivity contribution in [2.75, 3.05) is 33.2 Å². The first-order chi connectivity index (χ1) is 12.5. The highest BCUT2D eigenvalue weighted by atomic mass is 35.5. The van der Waals surface area contributed by atoms with Crippen LogP contribution >= 0.6 is 12.4 Å². The molecule has 0 aliphatic carbocycles. The summed E-state index contributed by atoms with van der Waals surface area (Å²) < 4.78 is 5.03. The van der Waals surface area contributed by atoms with Crippen molar-refractivity contribution in [3.63, 3.8) is 0 Å². The molecule has 144 valence electrons. The molecule has 2 aromatic rings. The van der Waals surface area contributed by atoms with Crippen LogP contribution in [0.25, 0.3) is 11.1 Å². The Bertz CT molecular complexity index is 770. The molecule has 0 radical (unpaired) electrons. The van der Waals surface area contributed by atoms with Crippen molar-refractivity contribution >= 4 is 24.3 Å². The molecule has 0 aromatic heterocycles. The van der Waals surface area contributed by atoms with E-state index in [-0.39, 0.29) is 24.3 Å². The molecule has 0 bridgehead atoms. The molecule has 3 rings (SSSR count). The van der Waals surface area contributed by atoms with Crippen molar-refractivity contribution in [3.8, 4) is 16.9 Å². The fourth-order valence-corrected chi connectivity index (χ4v) is 2.82. The first-order valence-electron chi connectivity index (χ1n) is 8.64. The molecular weight excluding hydrogens is 366 g/mol. The van der Waals surface area contributed by atoms with Gasteiger partial charge in [-0.15, -0.1) is 12.4 Å². The molecule has 1 heterocycles. The topological polar surface area (TPSA) is 61.9 Å². The Morgan fingerprint density at radius 2 is 1.41 bits per heavy atom. The minimum Gasteiger partial charge on any atom is -0.427 e. The second-order valence-corrected chi connectivity index (χ2v) is 6.43. The minimum atomic E-state index is -0.339. The number of hydrogen-bond acceptors (Lipinski definition) is 5. The molecule has 7 heteroatoms. The summed E-state index contributed by atoms with van der Waals surface area (Å²) in [6, 6.07) is 14.8.